The van der Waals surface area contributed by atoms with Crippen molar-refractivity contribution in [3.8, 4) is 0 Å². The summed E-state index contributed by atoms with van der Waals surface area (Å²) >= 11 is 0. The molecule has 0 amide bonds. The third-order valence-corrected chi connectivity index (χ3v) is 1.40. The summed E-state index contributed by atoms with van der Waals surface area (Å²) in [6, 6.07) is 9.44. The molecule has 0 aliphatic rings. The predicted molar refractivity (Wildman–Crippen MR) is 55.2 cm³/mol. The molecule has 2 N–H and O–H groups in total. The molecule has 0 aromatic heterocycles. The van der Waals surface area contributed by atoms with Gasteiger partial charge in [-0.2, -0.15) is 0 Å². The average Bonchev–Trinajstić information content (AvgIpc) is 2.21. The Morgan fingerprint density at radius 3 is 2.54 bits per heavy atom. The summed E-state index contributed by atoms with van der Waals surface area (Å²) in [5.74, 6) is 0.460. The molecule has 1 aromatic rings. The highest BCUT2D eigenvalue weighted by Gasteiger charge is 1.97. The lowest BCUT2D eigenvalue weighted by atomic mass is 10.2. The lowest BCUT2D eigenvalue weighted by Crippen LogP contribution is -1.96. The molecular weight excluding hydrogens is 164 g/mol. The van der Waals surface area contributed by atoms with Crippen LogP contribution in [0.3, 0.4) is 0 Å². The summed E-state index contributed by atoms with van der Waals surface area (Å²) in [6.07, 6.45) is 1.11. The lowest BCUT2D eigenvalue weighted by molar-refractivity contribution is 1.22. The van der Waals surface area contributed by atoms with Crippen molar-refractivity contribution in [3.63, 3.8) is 0 Å². The van der Waals surface area contributed by atoms with Gasteiger partial charge in [-0.05, 0) is 6.72 Å². The Bertz CT molecular complexity index is 327. The van der Waals surface area contributed by atoms with Crippen LogP contribution in [-0.2, 0) is 0 Å². The summed E-state index contributed by atoms with van der Waals surface area (Å²) in [5.41, 5.74) is 5.91. The van der Waals surface area contributed by atoms with Crippen molar-refractivity contribution in [1.29, 1.82) is 0 Å². The first-order chi connectivity index (χ1) is 6.38. The predicted octanol–water partition coefficient (Wildman–Crippen LogP) is 1.04. The van der Waals surface area contributed by atoms with Gasteiger partial charge in [-0.25, -0.2) is 4.99 Å². The first-order valence-corrected chi connectivity index (χ1v) is 3.72. The van der Waals surface area contributed by atoms with Crippen molar-refractivity contribution in [1.82, 2.24) is 0 Å². The number of rotatable bonds is 2. The molecule has 0 radical (unpaired) electrons. The van der Waals surface area contributed by atoms with E-state index in [2.05, 4.69) is 21.9 Å². The Balaban J connectivity index is 2.98. The minimum absolute atomic E-state index is 0.460. The minimum atomic E-state index is 0.460. The number of amidine groups is 1. The highest BCUT2D eigenvalue weighted by molar-refractivity contribution is 6.01. The SMILES string of the molecule is C=N/C(=N\N=C/N)c1ccccc1. The van der Waals surface area contributed by atoms with Gasteiger partial charge >= 0.3 is 0 Å². The summed E-state index contributed by atoms with van der Waals surface area (Å²) in [6.45, 7) is 3.39. The molecule has 0 spiro atoms. The van der Waals surface area contributed by atoms with Gasteiger partial charge in [0.15, 0.2) is 5.84 Å². The summed E-state index contributed by atoms with van der Waals surface area (Å²) in [7, 11) is 0. The number of nitrogens with zero attached hydrogens (tertiary/aromatic N) is 3. The summed E-state index contributed by atoms with van der Waals surface area (Å²) in [5, 5.41) is 7.29. The van der Waals surface area contributed by atoms with Gasteiger partial charge in [-0.1, -0.05) is 30.3 Å². The van der Waals surface area contributed by atoms with Gasteiger partial charge in [-0.3, -0.25) is 0 Å². The average molecular weight is 174 g/mol. The second-order valence-corrected chi connectivity index (χ2v) is 2.21. The summed E-state index contributed by atoms with van der Waals surface area (Å²) < 4.78 is 0. The molecule has 0 atom stereocenters. The smallest absolute Gasteiger partial charge is 0.181 e. The fourth-order valence-corrected chi connectivity index (χ4v) is 0.856. The van der Waals surface area contributed by atoms with E-state index in [1.807, 2.05) is 30.3 Å². The molecule has 0 saturated heterocycles. The molecule has 0 aliphatic carbocycles. The van der Waals surface area contributed by atoms with Crippen molar-refractivity contribution in [2.75, 3.05) is 0 Å². The zero-order chi connectivity index (χ0) is 9.52. The van der Waals surface area contributed by atoms with Crippen molar-refractivity contribution in [2.24, 2.45) is 20.9 Å². The Labute approximate surface area is 76.5 Å². The highest BCUT2D eigenvalue weighted by Crippen LogP contribution is 2.01. The molecule has 0 saturated carbocycles. The third-order valence-electron chi connectivity index (χ3n) is 1.40. The van der Waals surface area contributed by atoms with E-state index in [-0.39, 0.29) is 0 Å². The van der Waals surface area contributed by atoms with Crippen LogP contribution < -0.4 is 5.73 Å². The second kappa shape index (κ2) is 4.82. The van der Waals surface area contributed by atoms with E-state index in [1.54, 1.807) is 0 Å². The first kappa shape index (κ1) is 9.12. The van der Waals surface area contributed by atoms with Crippen LogP contribution in [-0.4, -0.2) is 18.9 Å². The van der Waals surface area contributed by atoms with Crippen molar-refractivity contribution in [3.05, 3.63) is 35.9 Å². The van der Waals surface area contributed by atoms with E-state index >= 15 is 0 Å². The van der Waals surface area contributed by atoms with Gasteiger partial charge < -0.3 is 5.73 Å². The zero-order valence-electron chi connectivity index (χ0n) is 7.09. The minimum Gasteiger partial charge on any atom is -0.388 e. The topological polar surface area (TPSA) is 63.1 Å². The van der Waals surface area contributed by atoms with E-state index in [0.717, 1.165) is 11.9 Å². The maximum atomic E-state index is 5.05. The van der Waals surface area contributed by atoms with E-state index in [4.69, 9.17) is 5.73 Å². The molecule has 4 heteroatoms. The quantitative estimate of drug-likeness (QED) is 0.406. The number of benzene rings is 1. The monoisotopic (exact) mass is 174 g/mol. The molecule has 0 aliphatic heterocycles. The number of nitrogens with two attached hydrogens (primary N) is 1. The van der Waals surface area contributed by atoms with E-state index in [0.29, 0.717) is 5.84 Å². The molecule has 1 aromatic carbocycles. The zero-order valence-corrected chi connectivity index (χ0v) is 7.09. The van der Waals surface area contributed by atoms with Crippen molar-refractivity contribution in [2.45, 2.75) is 0 Å². The van der Waals surface area contributed by atoms with Crippen LogP contribution in [0.2, 0.25) is 0 Å². The molecular formula is C9H10N4. The molecule has 4 nitrogen and oxygen atoms in total. The van der Waals surface area contributed by atoms with Crippen LogP contribution in [0.15, 0.2) is 45.5 Å². The van der Waals surface area contributed by atoms with Crippen LogP contribution in [0.4, 0.5) is 0 Å². The van der Waals surface area contributed by atoms with E-state index in [9.17, 15) is 0 Å². The Hall–Kier alpha value is -1.97. The standard InChI is InChI=1S/C9H10N4/c1-11-9(13-12-7-10)8-5-3-2-4-6-8/h2-7H,1H2,(H2,10,12)/b13-9-. The largest absolute Gasteiger partial charge is 0.388 e. The molecule has 0 heterocycles. The maximum absolute atomic E-state index is 5.05. The van der Waals surface area contributed by atoms with Crippen molar-refractivity contribution >= 4 is 18.9 Å². The van der Waals surface area contributed by atoms with E-state index < -0.39 is 0 Å². The van der Waals surface area contributed by atoms with Crippen LogP contribution >= 0.6 is 0 Å². The number of aliphatic imine (C=N–C) groups is 1. The maximum Gasteiger partial charge on any atom is 0.181 e. The van der Waals surface area contributed by atoms with Gasteiger partial charge in [0.2, 0.25) is 0 Å². The first-order valence-electron chi connectivity index (χ1n) is 3.72. The summed E-state index contributed by atoms with van der Waals surface area (Å²) in [4.78, 5) is 3.73. The molecule has 0 bridgehead atoms. The van der Waals surface area contributed by atoms with E-state index in [1.165, 1.54) is 0 Å². The van der Waals surface area contributed by atoms with Crippen molar-refractivity contribution < 1.29 is 0 Å². The Kier molecular flexibility index (Phi) is 3.38. The normalized spacial score (nSPS) is 11.8. The third kappa shape index (κ3) is 2.52. The Morgan fingerprint density at radius 1 is 1.31 bits per heavy atom. The van der Waals surface area contributed by atoms with Gasteiger partial charge in [0.05, 0.1) is 0 Å². The molecule has 66 valence electrons. The molecule has 0 unspecified atom stereocenters. The van der Waals surface area contributed by atoms with Crippen LogP contribution in [0.5, 0.6) is 0 Å². The fourth-order valence-electron chi connectivity index (χ4n) is 0.856. The number of hydrogen-bond donors (Lipinski definition) is 1. The second-order valence-electron chi connectivity index (χ2n) is 2.21. The Morgan fingerprint density at radius 2 is 2.00 bits per heavy atom. The van der Waals surface area contributed by atoms with Gasteiger partial charge in [0.25, 0.3) is 0 Å². The fraction of sp³-hybridized carbons (Fsp3) is 0. The molecule has 0 fully saturated rings. The lowest BCUT2D eigenvalue weighted by Gasteiger charge is -1.96. The van der Waals surface area contributed by atoms with Gasteiger partial charge in [-0.15, -0.1) is 10.2 Å². The van der Waals surface area contributed by atoms with Crippen LogP contribution in [0.1, 0.15) is 5.56 Å². The van der Waals surface area contributed by atoms with Gasteiger partial charge in [0.1, 0.15) is 6.34 Å². The highest BCUT2D eigenvalue weighted by atomic mass is 15.2. The number of hydrogen-bond acceptors (Lipinski definition) is 2. The molecule has 1 rings (SSSR count). The van der Waals surface area contributed by atoms with Gasteiger partial charge in [0, 0.05) is 5.56 Å². The molecule has 13 heavy (non-hydrogen) atoms. The van der Waals surface area contributed by atoms with Crippen LogP contribution in [0.25, 0.3) is 0 Å². The van der Waals surface area contributed by atoms with Crippen LogP contribution in [0, 0.1) is 0 Å².